The Morgan fingerprint density at radius 1 is 1.08 bits per heavy atom. The predicted octanol–water partition coefficient (Wildman–Crippen LogP) is 2.76. The van der Waals surface area contributed by atoms with E-state index in [1.807, 2.05) is 36.6 Å². The van der Waals surface area contributed by atoms with E-state index >= 15 is 0 Å². The van der Waals surface area contributed by atoms with Crippen molar-refractivity contribution >= 4 is 29.3 Å². The molecule has 1 heterocycles. The average Bonchev–Trinajstić information content (AvgIpc) is 2.67. The monoisotopic (exact) mass is 369 g/mol. The summed E-state index contributed by atoms with van der Waals surface area (Å²) < 4.78 is 0. The maximum Gasteiger partial charge on any atom is 0.269 e. The van der Waals surface area contributed by atoms with Crippen molar-refractivity contribution < 1.29 is 9.59 Å². The first-order valence-corrected chi connectivity index (χ1v) is 10.1. The molecule has 0 fully saturated rings. The average molecular weight is 369 g/mol. The number of benzene rings is 2. The van der Waals surface area contributed by atoms with Gasteiger partial charge in [0.2, 0.25) is 0 Å². The fourth-order valence-corrected chi connectivity index (χ4v) is 3.63. The minimum Gasteiger partial charge on any atom is -0.362 e. The highest BCUT2D eigenvalue weighted by Gasteiger charge is 2.18. The number of nitrogens with one attached hydrogen (secondary N) is 2. The van der Waals surface area contributed by atoms with Crippen molar-refractivity contribution in [1.29, 1.82) is 0 Å². The topological polar surface area (TPSA) is 61.4 Å². The Hall–Kier alpha value is -2.47. The van der Waals surface area contributed by atoms with Gasteiger partial charge in [-0.15, -0.1) is 0 Å². The van der Waals surface area contributed by atoms with Crippen LogP contribution in [0.1, 0.15) is 27.9 Å². The number of para-hydroxylation sites is 1. The van der Waals surface area contributed by atoms with Crippen LogP contribution in [0.2, 0.25) is 0 Å². The van der Waals surface area contributed by atoms with Crippen LogP contribution in [0.5, 0.6) is 0 Å². The van der Waals surface area contributed by atoms with Crippen LogP contribution >= 0.6 is 11.8 Å². The number of carbonyl (C=O) groups is 2. The van der Waals surface area contributed by atoms with E-state index in [1.54, 1.807) is 23.9 Å². The second-order valence-corrected chi connectivity index (χ2v) is 7.15. The molecule has 0 aliphatic carbocycles. The lowest BCUT2D eigenvalue weighted by Gasteiger charge is -2.30. The molecule has 6 heteroatoms. The first kappa shape index (κ1) is 18.3. The van der Waals surface area contributed by atoms with Gasteiger partial charge in [0.25, 0.3) is 11.8 Å². The highest BCUT2D eigenvalue weighted by molar-refractivity contribution is 7.97. The van der Waals surface area contributed by atoms with Gasteiger partial charge in [0.15, 0.2) is 0 Å². The third-order valence-electron chi connectivity index (χ3n) is 4.38. The normalized spacial score (nSPS) is 13.0. The number of thioether (sulfide) groups is 1. The van der Waals surface area contributed by atoms with Gasteiger partial charge in [-0.3, -0.25) is 20.4 Å². The number of fused-ring (bicyclic) bond motifs is 1. The molecule has 0 saturated carbocycles. The molecule has 2 aromatic carbocycles. The predicted molar refractivity (Wildman–Crippen MR) is 106 cm³/mol. The molecule has 0 radical (unpaired) electrons. The molecular formula is C20H23N3O2S. The van der Waals surface area contributed by atoms with Gasteiger partial charge in [0, 0.05) is 23.5 Å². The quantitative estimate of drug-likeness (QED) is 0.796. The summed E-state index contributed by atoms with van der Waals surface area (Å²) in [6.45, 7) is 1.07. The van der Waals surface area contributed by atoms with Crippen LogP contribution in [0.4, 0.5) is 5.69 Å². The summed E-state index contributed by atoms with van der Waals surface area (Å²) in [6, 6.07) is 15.5. The number of hydrazine groups is 1. The zero-order valence-corrected chi connectivity index (χ0v) is 15.6. The van der Waals surface area contributed by atoms with E-state index in [-0.39, 0.29) is 18.4 Å². The summed E-state index contributed by atoms with van der Waals surface area (Å²) in [7, 11) is 0. The molecule has 5 nitrogen and oxygen atoms in total. The van der Waals surface area contributed by atoms with Crippen molar-refractivity contribution in [2.75, 3.05) is 24.2 Å². The number of amides is 2. The highest BCUT2D eigenvalue weighted by Crippen LogP contribution is 2.26. The fourth-order valence-electron chi connectivity index (χ4n) is 3.11. The van der Waals surface area contributed by atoms with E-state index in [2.05, 4.69) is 21.8 Å². The largest absolute Gasteiger partial charge is 0.362 e. The van der Waals surface area contributed by atoms with Crippen LogP contribution in [0.3, 0.4) is 0 Å². The van der Waals surface area contributed by atoms with Crippen LogP contribution in [-0.2, 0) is 17.0 Å². The second kappa shape index (κ2) is 8.76. The molecule has 0 aromatic heterocycles. The van der Waals surface area contributed by atoms with Crippen molar-refractivity contribution in [1.82, 2.24) is 10.9 Å². The molecule has 2 amide bonds. The fraction of sp³-hybridized carbons (Fsp3) is 0.300. The number of aryl methyl sites for hydroxylation is 1. The van der Waals surface area contributed by atoms with Crippen LogP contribution in [0.15, 0.2) is 48.5 Å². The highest BCUT2D eigenvalue weighted by atomic mass is 32.2. The molecule has 0 saturated heterocycles. The van der Waals surface area contributed by atoms with Crippen molar-refractivity contribution in [3.63, 3.8) is 0 Å². The zero-order chi connectivity index (χ0) is 18.4. The summed E-state index contributed by atoms with van der Waals surface area (Å²) in [5.41, 5.74) is 9.07. The third kappa shape index (κ3) is 4.58. The van der Waals surface area contributed by atoms with Gasteiger partial charge in [-0.25, -0.2) is 0 Å². The van der Waals surface area contributed by atoms with E-state index in [0.717, 1.165) is 30.8 Å². The summed E-state index contributed by atoms with van der Waals surface area (Å²) in [5.74, 6) is 0.373. The Morgan fingerprint density at radius 2 is 1.85 bits per heavy atom. The molecule has 2 N–H and O–H groups in total. The van der Waals surface area contributed by atoms with Crippen LogP contribution in [0.25, 0.3) is 0 Å². The molecule has 0 bridgehead atoms. The first-order valence-electron chi connectivity index (χ1n) is 8.67. The molecule has 1 aliphatic rings. The van der Waals surface area contributed by atoms with Crippen LogP contribution in [-0.4, -0.2) is 31.2 Å². The molecule has 0 atom stereocenters. The molecule has 0 spiro atoms. The van der Waals surface area contributed by atoms with Gasteiger partial charge in [-0.2, -0.15) is 11.8 Å². The van der Waals surface area contributed by atoms with Crippen molar-refractivity contribution in [2.45, 2.75) is 18.6 Å². The second-order valence-electron chi connectivity index (χ2n) is 6.29. The molecule has 136 valence electrons. The lowest BCUT2D eigenvalue weighted by molar-refractivity contribution is -0.120. The van der Waals surface area contributed by atoms with Crippen LogP contribution in [0, 0.1) is 0 Å². The number of hydrogen-bond acceptors (Lipinski definition) is 4. The summed E-state index contributed by atoms with van der Waals surface area (Å²) >= 11 is 1.73. The van der Waals surface area contributed by atoms with E-state index in [1.165, 1.54) is 11.1 Å². The maximum atomic E-state index is 12.2. The zero-order valence-electron chi connectivity index (χ0n) is 14.8. The Labute approximate surface area is 158 Å². The number of carbonyl (C=O) groups excluding carboxylic acids is 2. The van der Waals surface area contributed by atoms with Gasteiger partial charge < -0.3 is 4.90 Å². The van der Waals surface area contributed by atoms with Gasteiger partial charge in [-0.05, 0) is 48.4 Å². The van der Waals surface area contributed by atoms with Gasteiger partial charge in [-0.1, -0.05) is 30.3 Å². The summed E-state index contributed by atoms with van der Waals surface area (Å²) in [6.07, 6.45) is 4.10. The Bertz CT molecular complexity index is 777. The lowest BCUT2D eigenvalue weighted by atomic mass is 10.0. The van der Waals surface area contributed by atoms with Crippen molar-refractivity contribution in [3.8, 4) is 0 Å². The van der Waals surface area contributed by atoms with E-state index in [9.17, 15) is 9.59 Å². The SMILES string of the molecule is CSCc1ccc(C(=O)NNC(=O)CN2CCCc3ccccc32)cc1. The Morgan fingerprint density at radius 3 is 2.62 bits per heavy atom. The van der Waals surface area contributed by atoms with Crippen LogP contribution < -0.4 is 15.8 Å². The van der Waals surface area contributed by atoms with Gasteiger partial charge >= 0.3 is 0 Å². The summed E-state index contributed by atoms with van der Waals surface area (Å²) in [5, 5.41) is 0. The van der Waals surface area contributed by atoms with Gasteiger partial charge in [0.05, 0.1) is 6.54 Å². The van der Waals surface area contributed by atoms with Crippen molar-refractivity contribution in [3.05, 3.63) is 65.2 Å². The molecule has 1 aliphatic heterocycles. The number of rotatable bonds is 5. The lowest BCUT2D eigenvalue weighted by Crippen LogP contribution is -2.47. The summed E-state index contributed by atoms with van der Waals surface area (Å²) in [4.78, 5) is 26.4. The van der Waals surface area contributed by atoms with E-state index < -0.39 is 0 Å². The molecule has 3 rings (SSSR count). The smallest absolute Gasteiger partial charge is 0.269 e. The number of hydrogen-bond donors (Lipinski definition) is 2. The molecule has 0 unspecified atom stereocenters. The molecule has 2 aromatic rings. The van der Waals surface area contributed by atoms with E-state index in [4.69, 9.17) is 0 Å². The number of nitrogens with zero attached hydrogens (tertiary/aromatic N) is 1. The van der Waals surface area contributed by atoms with Gasteiger partial charge in [0.1, 0.15) is 0 Å². The maximum absolute atomic E-state index is 12.2. The Balaban J connectivity index is 1.52. The Kier molecular flexibility index (Phi) is 6.17. The first-order chi connectivity index (χ1) is 12.7. The minimum atomic E-state index is -0.312. The minimum absolute atomic E-state index is 0.226. The van der Waals surface area contributed by atoms with E-state index in [0.29, 0.717) is 5.56 Å². The molecule has 26 heavy (non-hydrogen) atoms. The van der Waals surface area contributed by atoms with Crippen molar-refractivity contribution in [2.24, 2.45) is 0 Å². The molecular weight excluding hydrogens is 346 g/mol. The third-order valence-corrected chi connectivity index (χ3v) is 5.01. The standard InChI is InChI=1S/C20H23N3O2S/c1-26-14-15-8-10-17(11-9-15)20(25)22-21-19(24)13-23-12-4-6-16-5-2-3-7-18(16)23/h2-3,5,7-11H,4,6,12-14H2,1H3,(H,21,24)(H,22,25). The number of anilines is 1.